The highest BCUT2D eigenvalue weighted by molar-refractivity contribution is 5.52. The predicted octanol–water partition coefficient (Wildman–Crippen LogP) is 3.04. The zero-order valence-corrected chi connectivity index (χ0v) is 12.8. The van der Waals surface area contributed by atoms with E-state index in [4.69, 9.17) is 4.98 Å². The number of hydrogen-bond donors (Lipinski definition) is 1. The highest BCUT2D eigenvalue weighted by atomic mass is 15.2. The van der Waals surface area contributed by atoms with Gasteiger partial charge in [-0.05, 0) is 51.3 Å². The van der Waals surface area contributed by atoms with Crippen molar-refractivity contribution in [1.82, 2.24) is 10.3 Å². The molecule has 1 aromatic heterocycles. The maximum atomic E-state index is 4.82. The Kier molecular flexibility index (Phi) is 4.81. The summed E-state index contributed by atoms with van der Waals surface area (Å²) in [5.41, 5.74) is 3.85. The van der Waals surface area contributed by atoms with E-state index < -0.39 is 0 Å². The molecule has 19 heavy (non-hydrogen) atoms. The van der Waals surface area contributed by atoms with E-state index in [2.05, 4.69) is 37.1 Å². The molecule has 1 aliphatic heterocycles. The number of nitrogens with zero attached hydrogens (tertiary/aromatic N) is 2. The fraction of sp³-hybridized carbons (Fsp3) is 0.688. The smallest absolute Gasteiger partial charge is 0.133 e. The van der Waals surface area contributed by atoms with E-state index in [0.29, 0.717) is 0 Å². The molecular formula is C16H27N3. The third kappa shape index (κ3) is 3.27. The molecule has 1 saturated heterocycles. The van der Waals surface area contributed by atoms with Gasteiger partial charge >= 0.3 is 0 Å². The van der Waals surface area contributed by atoms with E-state index in [1.165, 1.54) is 42.8 Å². The molecule has 0 saturated carbocycles. The van der Waals surface area contributed by atoms with Gasteiger partial charge < -0.3 is 10.2 Å². The molecule has 0 bridgehead atoms. The molecule has 3 nitrogen and oxygen atoms in total. The van der Waals surface area contributed by atoms with Gasteiger partial charge in [0.05, 0.1) is 0 Å². The first kappa shape index (κ1) is 14.3. The third-order valence-corrected chi connectivity index (χ3v) is 4.09. The van der Waals surface area contributed by atoms with Gasteiger partial charge in [-0.1, -0.05) is 13.3 Å². The lowest BCUT2D eigenvalue weighted by atomic mass is 10.0. The summed E-state index contributed by atoms with van der Waals surface area (Å²) in [6, 6.07) is 2.19. The van der Waals surface area contributed by atoms with Gasteiger partial charge in [0.1, 0.15) is 5.82 Å². The molecule has 1 N–H and O–H groups in total. The van der Waals surface area contributed by atoms with Gasteiger partial charge in [-0.3, -0.25) is 0 Å². The number of pyridine rings is 1. The first-order valence-electron chi connectivity index (χ1n) is 7.52. The van der Waals surface area contributed by atoms with Crippen LogP contribution in [0, 0.1) is 19.8 Å². The van der Waals surface area contributed by atoms with Crippen molar-refractivity contribution < 1.29 is 0 Å². The number of hydrogen-bond acceptors (Lipinski definition) is 3. The standard InChI is InChI=1S/C16H27N3/c1-5-6-14-7-8-19(11-14)16-15(10-17-4)12(2)9-13(3)18-16/h9,14,17H,5-8,10-11H2,1-4H3. The molecule has 2 heterocycles. The van der Waals surface area contributed by atoms with Crippen LogP contribution in [0.2, 0.25) is 0 Å². The Hall–Kier alpha value is -1.09. The summed E-state index contributed by atoms with van der Waals surface area (Å²) in [5.74, 6) is 2.07. The Morgan fingerprint density at radius 2 is 2.21 bits per heavy atom. The third-order valence-electron chi connectivity index (χ3n) is 4.09. The van der Waals surface area contributed by atoms with Crippen LogP contribution in [0.3, 0.4) is 0 Å². The van der Waals surface area contributed by atoms with E-state index in [1.54, 1.807) is 0 Å². The minimum Gasteiger partial charge on any atom is -0.356 e. The fourth-order valence-electron chi connectivity index (χ4n) is 3.17. The number of aromatic nitrogens is 1. The summed E-state index contributed by atoms with van der Waals surface area (Å²) in [6.07, 6.45) is 3.96. The van der Waals surface area contributed by atoms with E-state index in [1.807, 2.05) is 7.05 Å². The van der Waals surface area contributed by atoms with Crippen molar-refractivity contribution in [3.63, 3.8) is 0 Å². The van der Waals surface area contributed by atoms with Crippen LogP contribution in [0.4, 0.5) is 5.82 Å². The average Bonchev–Trinajstić information content (AvgIpc) is 2.81. The first-order chi connectivity index (χ1) is 9.15. The molecule has 0 radical (unpaired) electrons. The second-order valence-electron chi connectivity index (χ2n) is 5.80. The maximum absolute atomic E-state index is 4.82. The van der Waals surface area contributed by atoms with Gasteiger partial charge in [0.25, 0.3) is 0 Å². The number of rotatable bonds is 5. The highest BCUT2D eigenvalue weighted by Gasteiger charge is 2.25. The van der Waals surface area contributed by atoms with Gasteiger partial charge in [-0.2, -0.15) is 0 Å². The van der Waals surface area contributed by atoms with Gasteiger partial charge in [0, 0.05) is 30.9 Å². The summed E-state index contributed by atoms with van der Waals surface area (Å²) in [4.78, 5) is 7.31. The van der Waals surface area contributed by atoms with Crippen LogP contribution >= 0.6 is 0 Å². The second kappa shape index (κ2) is 6.38. The molecule has 0 amide bonds. The molecule has 0 spiro atoms. The van der Waals surface area contributed by atoms with Crippen molar-refractivity contribution in [2.45, 2.75) is 46.6 Å². The van der Waals surface area contributed by atoms with Gasteiger partial charge in [-0.25, -0.2) is 4.98 Å². The fourth-order valence-corrected chi connectivity index (χ4v) is 3.17. The molecule has 1 atom stereocenters. The number of aryl methyl sites for hydroxylation is 2. The SMILES string of the molecule is CCCC1CCN(c2nc(C)cc(C)c2CNC)C1. The van der Waals surface area contributed by atoms with Crippen LogP contribution < -0.4 is 10.2 Å². The van der Waals surface area contributed by atoms with Gasteiger partial charge in [-0.15, -0.1) is 0 Å². The number of nitrogens with one attached hydrogen (secondary N) is 1. The van der Waals surface area contributed by atoms with Crippen LogP contribution in [0.1, 0.15) is 43.0 Å². The van der Waals surface area contributed by atoms with E-state index in [-0.39, 0.29) is 0 Å². The van der Waals surface area contributed by atoms with Crippen LogP contribution in [0.25, 0.3) is 0 Å². The molecule has 1 unspecified atom stereocenters. The zero-order valence-electron chi connectivity index (χ0n) is 12.8. The monoisotopic (exact) mass is 261 g/mol. The minimum atomic E-state index is 0.857. The van der Waals surface area contributed by atoms with Crippen molar-refractivity contribution in [3.05, 3.63) is 22.9 Å². The van der Waals surface area contributed by atoms with E-state index >= 15 is 0 Å². The van der Waals surface area contributed by atoms with Crippen LogP contribution in [-0.2, 0) is 6.54 Å². The summed E-state index contributed by atoms with van der Waals surface area (Å²) in [7, 11) is 2.01. The van der Waals surface area contributed by atoms with Crippen LogP contribution in [0.15, 0.2) is 6.07 Å². The molecule has 106 valence electrons. The lowest BCUT2D eigenvalue weighted by Gasteiger charge is -2.23. The maximum Gasteiger partial charge on any atom is 0.133 e. The topological polar surface area (TPSA) is 28.2 Å². The first-order valence-corrected chi connectivity index (χ1v) is 7.52. The van der Waals surface area contributed by atoms with Crippen molar-refractivity contribution in [2.75, 3.05) is 25.0 Å². The van der Waals surface area contributed by atoms with E-state index in [9.17, 15) is 0 Å². The highest BCUT2D eigenvalue weighted by Crippen LogP contribution is 2.29. The zero-order chi connectivity index (χ0) is 13.8. The summed E-state index contributed by atoms with van der Waals surface area (Å²) < 4.78 is 0. The lowest BCUT2D eigenvalue weighted by molar-refractivity contribution is 0.529. The lowest BCUT2D eigenvalue weighted by Crippen LogP contribution is -2.24. The van der Waals surface area contributed by atoms with Crippen molar-refractivity contribution in [3.8, 4) is 0 Å². The Balaban J connectivity index is 2.23. The van der Waals surface area contributed by atoms with Crippen LogP contribution in [0.5, 0.6) is 0 Å². The Morgan fingerprint density at radius 3 is 2.89 bits per heavy atom. The van der Waals surface area contributed by atoms with Crippen molar-refractivity contribution >= 4 is 5.82 Å². The molecule has 3 heteroatoms. The molecular weight excluding hydrogens is 234 g/mol. The minimum absolute atomic E-state index is 0.857. The Bertz CT molecular complexity index is 428. The molecule has 1 aliphatic rings. The van der Waals surface area contributed by atoms with Crippen molar-refractivity contribution in [1.29, 1.82) is 0 Å². The summed E-state index contributed by atoms with van der Waals surface area (Å²) >= 11 is 0. The molecule has 0 aromatic carbocycles. The van der Waals surface area contributed by atoms with Gasteiger partial charge in [0.15, 0.2) is 0 Å². The van der Waals surface area contributed by atoms with Crippen LogP contribution in [-0.4, -0.2) is 25.1 Å². The summed E-state index contributed by atoms with van der Waals surface area (Å²) in [5, 5.41) is 3.28. The summed E-state index contributed by atoms with van der Waals surface area (Å²) in [6.45, 7) is 9.83. The molecule has 2 rings (SSSR count). The second-order valence-corrected chi connectivity index (χ2v) is 5.80. The molecule has 0 aliphatic carbocycles. The molecule has 1 aromatic rings. The average molecular weight is 261 g/mol. The Morgan fingerprint density at radius 1 is 1.42 bits per heavy atom. The van der Waals surface area contributed by atoms with E-state index in [0.717, 1.165) is 24.7 Å². The van der Waals surface area contributed by atoms with Crippen molar-refractivity contribution in [2.24, 2.45) is 5.92 Å². The molecule has 1 fully saturated rings. The number of anilines is 1. The quantitative estimate of drug-likeness (QED) is 0.883. The predicted molar refractivity (Wildman–Crippen MR) is 81.7 cm³/mol. The largest absolute Gasteiger partial charge is 0.356 e. The van der Waals surface area contributed by atoms with Gasteiger partial charge in [0.2, 0.25) is 0 Å². The Labute approximate surface area is 117 Å². The normalized spacial score (nSPS) is 19.2.